The Morgan fingerprint density at radius 2 is 2.17 bits per heavy atom. The van der Waals surface area contributed by atoms with E-state index in [9.17, 15) is 9.59 Å². The van der Waals surface area contributed by atoms with Gasteiger partial charge in [0.15, 0.2) is 0 Å². The zero-order valence-electron chi connectivity index (χ0n) is 11.2. The molecule has 2 aliphatic carbocycles. The first-order valence-electron chi connectivity index (χ1n) is 6.33. The second-order valence-electron chi connectivity index (χ2n) is 5.78. The van der Waals surface area contributed by atoms with Gasteiger partial charge in [0.1, 0.15) is 6.10 Å². The minimum atomic E-state index is -0.347. The number of carbonyl (C=O) groups is 2. The van der Waals surface area contributed by atoms with Gasteiger partial charge in [0.25, 0.3) is 0 Å². The van der Waals surface area contributed by atoms with Crippen molar-refractivity contribution >= 4 is 11.9 Å². The van der Waals surface area contributed by atoms with Gasteiger partial charge in [0, 0.05) is 11.5 Å². The maximum absolute atomic E-state index is 11.4. The molecule has 3 rings (SSSR count). The van der Waals surface area contributed by atoms with Crippen molar-refractivity contribution in [3.05, 3.63) is 12.2 Å². The molecule has 1 aliphatic heterocycles. The fraction of sp³-hybridized carbons (Fsp3) is 0.714. The van der Waals surface area contributed by atoms with Crippen LogP contribution in [0.4, 0.5) is 0 Å². The lowest BCUT2D eigenvalue weighted by molar-refractivity contribution is -0.147. The van der Waals surface area contributed by atoms with E-state index in [4.69, 9.17) is 4.74 Å². The molecule has 3 aliphatic rings. The Kier molecular flexibility index (Phi) is 3.21. The molecule has 3 fully saturated rings. The quantitative estimate of drug-likeness (QED) is 0.529. The lowest BCUT2D eigenvalue weighted by Gasteiger charge is -2.22. The number of carbonyl (C=O) groups excluding carboxylic acids is 2. The molecule has 2 bridgehead atoms. The SMILES string of the molecule is C=C(C)C(=O)OC.CC12CC3CC(OC1=O)C2C3. The van der Waals surface area contributed by atoms with E-state index in [2.05, 4.69) is 18.2 Å². The highest BCUT2D eigenvalue weighted by atomic mass is 16.6. The number of methoxy groups -OCH3 is 1. The third kappa shape index (κ3) is 1.93. The second-order valence-corrected chi connectivity index (χ2v) is 5.78. The summed E-state index contributed by atoms with van der Waals surface area (Å²) < 4.78 is 9.58. The van der Waals surface area contributed by atoms with Crippen LogP contribution in [0.5, 0.6) is 0 Å². The van der Waals surface area contributed by atoms with Gasteiger partial charge in [0.2, 0.25) is 0 Å². The Morgan fingerprint density at radius 3 is 2.50 bits per heavy atom. The Morgan fingerprint density at radius 1 is 1.50 bits per heavy atom. The summed E-state index contributed by atoms with van der Waals surface area (Å²) in [4.78, 5) is 21.6. The number of fused-ring (bicyclic) bond motifs is 1. The molecule has 0 radical (unpaired) electrons. The van der Waals surface area contributed by atoms with Crippen molar-refractivity contribution in [3.8, 4) is 0 Å². The third-order valence-electron chi connectivity index (χ3n) is 4.39. The Balaban J connectivity index is 0.000000152. The fourth-order valence-corrected chi connectivity index (χ4v) is 3.50. The van der Waals surface area contributed by atoms with E-state index < -0.39 is 0 Å². The monoisotopic (exact) mass is 252 g/mol. The van der Waals surface area contributed by atoms with E-state index in [1.807, 2.05) is 0 Å². The highest BCUT2D eigenvalue weighted by Gasteiger charge is 2.63. The molecule has 100 valence electrons. The molecule has 2 saturated carbocycles. The molecule has 0 spiro atoms. The van der Waals surface area contributed by atoms with Gasteiger partial charge < -0.3 is 9.47 Å². The predicted molar refractivity (Wildman–Crippen MR) is 65.6 cm³/mol. The van der Waals surface area contributed by atoms with Gasteiger partial charge >= 0.3 is 11.9 Å². The molecule has 4 unspecified atom stereocenters. The molecule has 1 saturated heterocycles. The number of ether oxygens (including phenoxy) is 2. The van der Waals surface area contributed by atoms with Crippen molar-refractivity contribution in [2.24, 2.45) is 17.3 Å². The molecule has 0 N–H and O–H groups in total. The zero-order chi connectivity index (χ0) is 13.5. The molecule has 1 heterocycles. The van der Waals surface area contributed by atoms with Crippen LogP contribution in [-0.2, 0) is 19.1 Å². The molecular weight excluding hydrogens is 232 g/mol. The topological polar surface area (TPSA) is 52.6 Å². The van der Waals surface area contributed by atoms with E-state index in [-0.39, 0.29) is 17.4 Å². The maximum atomic E-state index is 11.4. The van der Waals surface area contributed by atoms with E-state index >= 15 is 0 Å². The number of hydrogen-bond donors (Lipinski definition) is 0. The molecule has 0 aromatic heterocycles. The van der Waals surface area contributed by atoms with Crippen molar-refractivity contribution in [2.45, 2.75) is 39.2 Å². The molecule has 4 nitrogen and oxygen atoms in total. The lowest BCUT2D eigenvalue weighted by atomic mass is 9.76. The zero-order valence-corrected chi connectivity index (χ0v) is 11.2. The maximum Gasteiger partial charge on any atom is 0.332 e. The van der Waals surface area contributed by atoms with Crippen molar-refractivity contribution in [3.63, 3.8) is 0 Å². The Bertz CT molecular complexity index is 401. The van der Waals surface area contributed by atoms with Crippen LogP contribution in [0.2, 0.25) is 0 Å². The first-order valence-corrected chi connectivity index (χ1v) is 6.33. The van der Waals surface area contributed by atoms with Gasteiger partial charge in [-0.25, -0.2) is 4.79 Å². The third-order valence-corrected chi connectivity index (χ3v) is 4.39. The summed E-state index contributed by atoms with van der Waals surface area (Å²) in [6.07, 6.45) is 3.78. The molecule has 0 aromatic carbocycles. The van der Waals surface area contributed by atoms with Crippen molar-refractivity contribution < 1.29 is 19.1 Å². The van der Waals surface area contributed by atoms with Crippen molar-refractivity contribution in [2.75, 3.05) is 7.11 Å². The van der Waals surface area contributed by atoms with Crippen LogP contribution in [-0.4, -0.2) is 25.2 Å². The number of esters is 2. The highest BCUT2D eigenvalue weighted by Crippen LogP contribution is 2.61. The van der Waals surface area contributed by atoms with Crippen LogP contribution >= 0.6 is 0 Å². The van der Waals surface area contributed by atoms with Crippen LogP contribution in [0.3, 0.4) is 0 Å². The summed E-state index contributed by atoms with van der Waals surface area (Å²) in [5.74, 6) is 1.09. The number of hydrogen-bond acceptors (Lipinski definition) is 4. The average molecular weight is 252 g/mol. The summed E-state index contributed by atoms with van der Waals surface area (Å²) in [5, 5.41) is 0. The highest BCUT2D eigenvalue weighted by molar-refractivity contribution is 5.86. The second kappa shape index (κ2) is 4.41. The van der Waals surface area contributed by atoms with Gasteiger partial charge in [-0.2, -0.15) is 0 Å². The largest absolute Gasteiger partial charge is 0.466 e. The van der Waals surface area contributed by atoms with Crippen molar-refractivity contribution in [1.29, 1.82) is 0 Å². The van der Waals surface area contributed by atoms with E-state index in [0.29, 0.717) is 17.6 Å². The van der Waals surface area contributed by atoms with E-state index in [0.717, 1.165) is 18.8 Å². The normalized spacial score (nSPS) is 38.8. The van der Waals surface area contributed by atoms with E-state index in [1.54, 1.807) is 6.92 Å². The summed E-state index contributed by atoms with van der Waals surface area (Å²) in [7, 11) is 1.33. The molecule has 4 heteroatoms. The van der Waals surface area contributed by atoms with Crippen molar-refractivity contribution in [1.82, 2.24) is 0 Å². The van der Waals surface area contributed by atoms with Gasteiger partial charge in [-0.3, -0.25) is 4.79 Å². The van der Waals surface area contributed by atoms with Crippen LogP contribution in [0, 0.1) is 17.3 Å². The average Bonchev–Trinajstić information content (AvgIpc) is 2.88. The minimum Gasteiger partial charge on any atom is -0.466 e. The molecule has 0 aromatic rings. The van der Waals surface area contributed by atoms with Crippen LogP contribution in [0.1, 0.15) is 33.1 Å². The molecule has 4 atom stereocenters. The fourth-order valence-electron chi connectivity index (χ4n) is 3.50. The van der Waals surface area contributed by atoms with Crippen LogP contribution < -0.4 is 0 Å². The van der Waals surface area contributed by atoms with Gasteiger partial charge in [-0.15, -0.1) is 0 Å². The number of rotatable bonds is 1. The van der Waals surface area contributed by atoms with Crippen LogP contribution in [0.25, 0.3) is 0 Å². The Hall–Kier alpha value is -1.32. The summed E-state index contributed by atoms with van der Waals surface area (Å²) in [6, 6.07) is 0. The van der Waals surface area contributed by atoms with Gasteiger partial charge in [-0.05, 0) is 39.0 Å². The first kappa shape index (κ1) is 13.1. The summed E-state index contributed by atoms with van der Waals surface area (Å²) in [5.41, 5.74) is 0.357. The van der Waals surface area contributed by atoms with Gasteiger partial charge in [-0.1, -0.05) is 6.58 Å². The standard InChI is InChI=1S/C9H12O2.C5H8O2/c1-9-4-5-2-6(9)7(3-5)11-8(9)10;1-4(2)5(6)7-3/h5-7H,2-4H2,1H3;1H2,2-3H3. The summed E-state index contributed by atoms with van der Waals surface area (Å²) in [6.45, 7) is 7.04. The smallest absolute Gasteiger partial charge is 0.332 e. The van der Waals surface area contributed by atoms with Gasteiger partial charge in [0.05, 0.1) is 12.5 Å². The first-order chi connectivity index (χ1) is 8.38. The summed E-state index contributed by atoms with van der Waals surface area (Å²) >= 11 is 0. The molecule has 18 heavy (non-hydrogen) atoms. The minimum absolute atomic E-state index is 0.0758. The van der Waals surface area contributed by atoms with E-state index in [1.165, 1.54) is 13.5 Å². The van der Waals surface area contributed by atoms with Crippen LogP contribution in [0.15, 0.2) is 12.2 Å². The lowest BCUT2D eigenvalue weighted by Crippen LogP contribution is -2.28. The Labute approximate surface area is 107 Å². The predicted octanol–water partition coefficient (Wildman–Crippen LogP) is 2.08. The molecular formula is C14H20O4. The molecule has 0 amide bonds.